The van der Waals surface area contributed by atoms with Gasteiger partial charge in [0.25, 0.3) is 5.69 Å². The number of carboxylic acids is 1. The highest BCUT2D eigenvalue weighted by Gasteiger charge is 2.16. The van der Waals surface area contributed by atoms with Crippen LogP contribution in [0.1, 0.15) is 32.3 Å². The topological polar surface area (TPSA) is 105 Å². The second-order valence-corrected chi connectivity index (χ2v) is 5.59. The van der Waals surface area contributed by atoms with Crippen molar-refractivity contribution in [2.24, 2.45) is 11.8 Å². The van der Waals surface area contributed by atoms with Crippen molar-refractivity contribution < 1.29 is 14.8 Å². The summed E-state index contributed by atoms with van der Waals surface area (Å²) in [6.07, 6.45) is 2.28. The van der Waals surface area contributed by atoms with E-state index in [0.717, 1.165) is 6.42 Å². The molecule has 0 spiro atoms. The Hall–Kier alpha value is -2.18. The van der Waals surface area contributed by atoms with Gasteiger partial charge in [0.1, 0.15) is 5.82 Å². The van der Waals surface area contributed by atoms with Crippen LogP contribution in [0.4, 0.5) is 11.5 Å². The van der Waals surface area contributed by atoms with Gasteiger partial charge in [-0.1, -0.05) is 13.8 Å². The van der Waals surface area contributed by atoms with E-state index in [9.17, 15) is 14.9 Å². The third-order valence-electron chi connectivity index (χ3n) is 3.11. The Morgan fingerprint density at radius 1 is 1.52 bits per heavy atom. The zero-order valence-corrected chi connectivity index (χ0v) is 12.5. The first-order chi connectivity index (χ1) is 9.79. The molecule has 0 aliphatic heterocycles. The van der Waals surface area contributed by atoms with E-state index in [1.807, 2.05) is 13.8 Å². The molecule has 7 nitrogen and oxygen atoms in total. The summed E-state index contributed by atoms with van der Waals surface area (Å²) in [5, 5.41) is 22.8. The number of carboxylic acid groups (broad SMARTS) is 1. The van der Waals surface area contributed by atoms with Crippen molar-refractivity contribution in [3.63, 3.8) is 0 Å². The van der Waals surface area contributed by atoms with Gasteiger partial charge in [0.15, 0.2) is 0 Å². The van der Waals surface area contributed by atoms with Crippen molar-refractivity contribution in [2.45, 2.75) is 33.6 Å². The van der Waals surface area contributed by atoms with Gasteiger partial charge < -0.3 is 10.4 Å². The van der Waals surface area contributed by atoms with Crippen molar-refractivity contribution in [3.05, 3.63) is 27.9 Å². The quantitative estimate of drug-likeness (QED) is 0.564. The molecule has 1 heterocycles. The fourth-order valence-electron chi connectivity index (χ4n) is 2.21. The first kappa shape index (κ1) is 16.9. The normalized spacial score (nSPS) is 12.2. The molecule has 7 heteroatoms. The number of hydrogen-bond donors (Lipinski definition) is 2. The predicted octanol–water partition coefficient (Wildman–Crippen LogP) is 2.85. The molecule has 0 aliphatic rings. The Kier molecular flexibility index (Phi) is 6.08. The Morgan fingerprint density at radius 2 is 2.19 bits per heavy atom. The lowest BCUT2D eigenvalue weighted by molar-refractivity contribution is -0.385. The van der Waals surface area contributed by atoms with Crippen molar-refractivity contribution in [1.29, 1.82) is 0 Å². The van der Waals surface area contributed by atoms with Gasteiger partial charge in [0.05, 0.1) is 11.0 Å². The zero-order valence-electron chi connectivity index (χ0n) is 12.5. The van der Waals surface area contributed by atoms with E-state index in [0.29, 0.717) is 23.8 Å². The van der Waals surface area contributed by atoms with E-state index >= 15 is 0 Å². The number of hydrogen-bond acceptors (Lipinski definition) is 5. The number of pyridine rings is 1. The maximum Gasteiger partial charge on any atom is 0.303 e. The minimum absolute atomic E-state index is 0.00569. The highest BCUT2D eigenvalue weighted by Crippen LogP contribution is 2.21. The van der Waals surface area contributed by atoms with E-state index in [-0.39, 0.29) is 18.0 Å². The fourth-order valence-corrected chi connectivity index (χ4v) is 2.21. The molecule has 1 aromatic heterocycles. The number of carbonyl (C=O) groups is 1. The van der Waals surface area contributed by atoms with Crippen molar-refractivity contribution >= 4 is 17.5 Å². The highest BCUT2D eigenvalue weighted by molar-refractivity contribution is 5.67. The maximum atomic E-state index is 10.9. The lowest BCUT2D eigenvalue weighted by Gasteiger charge is -2.18. The molecule has 0 amide bonds. The Bertz CT molecular complexity index is 517. The van der Waals surface area contributed by atoms with Gasteiger partial charge in [-0.2, -0.15) is 0 Å². The second kappa shape index (κ2) is 7.56. The van der Waals surface area contributed by atoms with Gasteiger partial charge in [0.2, 0.25) is 0 Å². The van der Waals surface area contributed by atoms with E-state index in [1.54, 1.807) is 6.92 Å². The molecule has 1 rings (SSSR count). The first-order valence-electron chi connectivity index (χ1n) is 6.86. The summed E-state index contributed by atoms with van der Waals surface area (Å²) in [6.45, 7) is 6.12. The average Bonchev–Trinajstić information content (AvgIpc) is 2.35. The van der Waals surface area contributed by atoms with Crippen molar-refractivity contribution in [1.82, 2.24) is 4.98 Å². The average molecular weight is 295 g/mol. The van der Waals surface area contributed by atoms with E-state index < -0.39 is 10.9 Å². The summed E-state index contributed by atoms with van der Waals surface area (Å²) in [6, 6.07) is 1.38. The van der Waals surface area contributed by atoms with Crippen LogP contribution in [0.2, 0.25) is 0 Å². The van der Waals surface area contributed by atoms with E-state index in [2.05, 4.69) is 10.3 Å². The van der Waals surface area contributed by atoms with Gasteiger partial charge in [-0.25, -0.2) is 4.98 Å². The number of nitro groups is 1. The monoisotopic (exact) mass is 295 g/mol. The van der Waals surface area contributed by atoms with Crippen LogP contribution in [-0.2, 0) is 4.79 Å². The van der Waals surface area contributed by atoms with Gasteiger partial charge in [-0.3, -0.25) is 14.9 Å². The molecular formula is C14H21N3O4. The van der Waals surface area contributed by atoms with Crippen LogP contribution in [0, 0.1) is 28.9 Å². The minimum Gasteiger partial charge on any atom is -0.481 e. The lowest BCUT2D eigenvalue weighted by atomic mass is 9.94. The molecule has 0 saturated heterocycles. The van der Waals surface area contributed by atoms with Crippen LogP contribution < -0.4 is 5.32 Å². The number of nitrogens with zero attached hydrogens (tertiary/aromatic N) is 2. The van der Waals surface area contributed by atoms with Crippen LogP contribution in [0.5, 0.6) is 0 Å². The van der Waals surface area contributed by atoms with Crippen molar-refractivity contribution in [3.8, 4) is 0 Å². The summed E-state index contributed by atoms with van der Waals surface area (Å²) in [7, 11) is 0. The molecule has 0 radical (unpaired) electrons. The molecule has 2 N–H and O–H groups in total. The Morgan fingerprint density at radius 3 is 2.71 bits per heavy atom. The Balaban J connectivity index is 2.73. The third kappa shape index (κ3) is 5.76. The summed E-state index contributed by atoms with van der Waals surface area (Å²) < 4.78 is 0. The molecule has 1 unspecified atom stereocenters. The summed E-state index contributed by atoms with van der Waals surface area (Å²) in [5.41, 5.74) is 0.501. The lowest BCUT2D eigenvalue weighted by Crippen LogP contribution is -2.20. The molecule has 1 atom stereocenters. The van der Waals surface area contributed by atoms with Gasteiger partial charge in [-0.15, -0.1) is 0 Å². The molecule has 0 aromatic carbocycles. The zero-order chi connectivity index (χ0) is 16.0. The number of aryl methyl sites for hydroxylation is 1. The maximum absolute atomic E-state index is 10.9. The number of aromatic nitrogens is 1. The minimum atomic E-state index is -0.842. The molecule has 0 saturated carbocycles. The highest BCUT2D eigenvalue weighted by atomic mass is 16.6. The molecule has 0 fully saturated rings. The van der Waals surface area contributed by atoms with Crippen LogP contribution in [0.25, 0.3) is 0 Å². The third-order valence-corrected chi connectivity index (χ3v) is 3.11. The fraction of sp³-hybridized carbons (Fsp3) is 0.571. The number of anilines is 1. The second-order valence-electron chi connectivity index (χ2n) is 5.59. The summed E-state index contributed by atoms with van der Waals surface area (Å²) >= 11 is 0. The van der Waals surface area contributed by atoms with Crippen LogP contribution in [-0.4, -0.2) is 27.5 Å². The number of aliphatic carboxylic acids is 1. The summed E-state index contributed by atoms with van der Waals surface area (Å²) in [4.78, 5) is 25.4. The predicted molar refractivity (Wildman–Crippen MR) is 79.3 cm³/mol. The van der Waals surface area contributed by atoms with E-state index in [4.69, 9.17) is 5.11 Å². The molecular weight excluding hydrogens is 274 g/mol. The van der Waals surface area contributed by atoms with Crippen LogP contribution in [0.15, 0.2) is 12.3 Å². The van der Waals surface area contributed by atoms with Crippen LogP contribution >= 0.6 is 0 Å². The van der Waals surface area contributed by atoms with Crippen LogP contribution in [0.3, 0.4) is 0 Å². The molecule has 21 heavy (non-hydrogen) atoms. The largest absolute Gasteiger partial charge is 0.481 e. The smallest absolute Gasteiger partial charge is 0.303 e. The molecule has 0 aliphatic carbocycles. The SMILES string of the molecule is Cc1cnc(NCC(CC(=O)O)CC(C)C)cc1[N+](=O)[O-]. The summed E-state index contributed by atoms with van der Waals surface area (Å²) in [5.74, 6) is -0.0992. The number of nitrogens with one attached hydrogen (secondary N) is 1. The number of rotatable bonds is 8. The molecule has 116 valence electrons. The van der Waals surface area contributed by atoms with Crippen molar-refractivity contribution in [2.75, 3.05) is 11.9 Å². The van der Waals surface area contributed by atoms with Gasteiger partial charge in [0, 0.05) is 24.7 Å². The van der Waals surface area contributed by atoms with Gasteiger partial charge in [-0.05, 0) is 25.2 Å². The molecule has 1 aromatic rings. The van der Waals surface area contributed by atoms with Gasteiger partial charge >= 0.3 is 5.97 Å². The molecule has 0 bridgehead atoms. The Labute approximate surface area is 123 Å². The first-order valence-corrected chi connectivity index (χ1v) is 6.86. The van der Waals surface area contributed by atoms with E-state index in [1.165, 1.54) is 12.3 Å². The standard InChI is InChI=1S/C14H21N3O4/c1-9(2)4-11(5-14(18)19)8-16-13-6-12(17(20)21)10(3)7-15-13/h6-7,9,11H,4-5,8H2,1-3H3,(H,15,16)(H,18,19).